The molecule has 1 saturated carbocycles. The smallest absolute Gasteiger partial charge is 0.255 e. The fourth-order valence-electron chi connectivity index (χ4n) is 2.06. The molecule has 1 atom stereocenters. The van der Waals surface area contributed by atoms with Crippen molar-refractivity contribution < 1.29 is 15.0 Å². The molecule has 4 nitrogen and oxygen atoms in total. The van der Waals surface area contributed by atoms with Crippen LogP contribution in [0.15, 0.2) is 18.2 Å². The molecule has 17 heavy (non-hydrogen) atoms. The standard InChI is InChI=1S/C13H17NO3/c1-8(9-4-2-5-9)14-13(17)10-6-3-7-11(15)12(10)16/h3,6-9,15-16H,2,4-5H2,1H3,(H,14,17). The van der Waals surface area contributed by atoms with E-state index in [0.29, 0.717) is 5.92 Å². The minimum atomic E-state index is -0.356. The van der Waals surface area contributed by atoms with Crippen molar-refractivity contribution in [2.45, 2.75) is 32.2 Å². The summed E-state index contributed by atoms with van der Waals surface area (Å²) in [4.78, 5) is 11.9. The van der Waals surface area contributed by atoms with Crippen molar-refractivity contribution in [3.8, 4) is 11.5 Å². The van der Waals surface area contributed by atoms with Gasteiger partial charge in [0.25, 0.3) is 5.91 Å². The third-order valence-corrected chi connectivity index (χ3v) is 3.48. The first-order valence-electron chi connectivity index (χ1n) is 5.91. The van der Waals surface area contributed by atoms with Crippen LogP contribution in [-0.2, 0) is 0 Å². The van der Waals surface area contributed by atoms with Gasteiger partial charge < -0.3 is 15.5 Å². The van der Waals surface area contributed by atoms with Crippen LogP contribution in [0.3, 0.4) is 0 Å². The Morgan fingerprint density at radius 2 is 2.12 bits per heavy atom. The average Bonchev–Trinajstić information content (AvgIpc) is 2.19. The number of phenols is 2. The Kier molecular flexibility index (Phi) is 3.22. The van der Waals surface area contributed by atoms with Gasteiger partial charge >= 0.3 is 0 Å². The van der Waals surface area contributed by atoms with E-state index in [1.165, 1.54) is 24.6 Å². The van der Waals surface area contributed by atoms with E-state index in [9.17, 15) is 15.0 Å². The Labute approximate surface area is 100 Å². The number of hydrogen-bond donors (Lipinski definition) is 3. The van der Waals surface area contributed by atoms with E-state index in [2.05, 4.69) is 5.32 Å². The lowest BCUT2D eigenvalue weighted by atomic mass is 9.80. The molecule has 0 heterocycles. The summed E-state index contributed by atoms with van der Waals surface area (Å²) in [6.07, 6.45) is 3.52. The van der Waals surface area contributed by atoms with Gasteiger partial charge in [-0.3, -0.25) is 4.79 Å². The summed E-state index contributed by atoms with van der Waals surface area (Å²) in [5.74, 6) is -0.420. The first-order valence-corrected chi connectivity index (χ1v) is 5.91. The van der Waals surface area contributed by atoms with Crippen molar-refractivity contribution in [2.75, 3.05) is 0 Å². The number of para-hydroxylation sites is 1. The van der Waals surface area contributed by atoms with Crippen LogP contribution in [0.4, 0.5) is 0 Å². The second kappa shape index (κ2) is 4.65. The molecule has 2 rings (SSSR count). The molecule has 0 radical (unpaired) electrons. The first-order chi connectivity index (χ1) is 8.09. The zero-order chi connectivity index (χ0) is 12.4. The summed E-state index contributed by atoms with van der Waals surface area (Å²) in [7, 11) is 0. The lowest BCUT2D eigenvalue weighted by Gasteiger charge is -2.31. The van der Waals surface area contributed by atoms with Crippen LogP contribution in [0.25, 0.3) is 0 Å². The molecule has 1 aliphatic rings. The van der Waals surface area contributed by atoms with Gasteiger partial charge in [-0.2, -0.15) is 0 Å². The molecule has 1 unspecified atom stereocenters. The highest BCUT2D eigenvalue weighted by Crippen LogP contribution is 2.31. The van der Waals surface area contributed by atoms with Gasteiger partial charge in [0.1, 0.15) is 0 Å². The summed E-state index contributed by atoms with van der Waals surface area (Å²) in [5.41, 5.74) is 0.121. The summed E-state index contributed by atoms with van der Waals surface area (Å²) < 4.78 is 0. The summed E-state index contributed by atoms with van der Waals surface area (Å²) in [5, 5.41) is 21.8. The fraction of sp³-hybridized carbons (Fsp3) is 0.462. The molecule has 92 valence electrons. The monoisotopic (exact) mass is 235 g/mol. The number of amides is 1. The minimum absolute atomic E-state index is 0.109. The van der Waals surface area contributed by atoms with Gasteiger partial charge in [-0.15, -0.1) is 0 Å². The van der Waals surface area contributed by atoms with Gasteiger partial charge in [-0.05, 0) is 37.8 Å². The largest absolute Gasteiger partial charge is 0.504 e. The molecular weight excluding hydrogens is 218 g/mol. The topological polar surface area (TPSA) is 69.6 Å². The van der Waals surface area contributed by atoms with Gasteiger partial charge in [-0.25, -0.2) is 0 Å². The number of aromatic hydroxyl groups is 2. The van der Waals surface area contributed by atoms with E-state index in [1.807, 2.05) is 6.92 Å². The molecule has 3 N–H and O–H groups in total. The zero-order valence-electron chi connectivity index (χ0n) is 9.81. The molecule has 0 aromatic heterocycles. The fourth-order valence-corrected chi connectivity index (χ4v) is 2.06. The summed E-state index contributed by atoms with van der Waals surface area (Å²) in [6.45, 7) is 1.97. The van der Waals surface area contributed by atoms with Crippen molar-refractivity contribution >= 4 is 5.91 Å². The molecule has 1 amide bonds. The molecule has 1 aliphatic carbocycles. The van der Waals surface area contributed by atoms with Crippen molar-refractivity contribution in [3.05, 3.63) is 23.8 Å². The van der Waals surface area contributed by atoms with E-state index in [0.717, 1.165) is 12.8 Å². The van der Waals surface area contributed by atoms with Crippen molar-refractivity contribution in [1.82, 2.24) is 5.32 Å². The lowest BCUT2D eigenvalue weighted by molar-refractivity contribution is 0.0906. The predicted octanol–water partition coefficient (Wildman–Crippen LogP) is 2.02. The second-order valence-corrected chi connectivity index (χ2v) is 4.63. The van der Waals surface area contributed by atoms with Gasteiger partial charge in [0.15, 0.2) is 11.5 Å². The number of phenolic OH excluding ortho intramolecular Hbond substituents is 2. The molecule has 1 aromatic carbocycles. The first kappa shape index (κ1) is 11.8. The highest BCUT2D eigenvalue weighted by molar-refractivity contribution is 5.97. The predicted molar refractivity (Wildman–Crippen MR) is 64.0 cm³/mol. The number of nitrogens with one attached hydrogen (secondary N) is 1. The van der Waals surface area contributed by atoms with Crippen LogP contribution >= 0.6 is 0 Å². The molecule has 0 saturated heterocycles. The Balaban J connectivity index is 2.06. The molecule has 1 aromatic rings. The van der Waals surface area contributed by atoms with Crippen molar-refractivity contribution in [1.29, 1.82) is 0 Å². The van der Waals surface area contributed by atoms with Gasteiger partial charge in [0, 0.05) is 6.04 Å². The summed E-state index contributed by atoms with van der Waals surface area (Å²) in [6, 6.07) is 4.50. The normalized spacial score (nSPS) is 17.2. The molecule has 0 aliphatic heterocycles. The third kappa shape index (κ3) is 2.35. The van der Waals surface area contributed by atoms with E-state index in [1.54, 1.807) is 0 Å². The highest BCUT2D eigenvalue weighted by atomic mass is 16.3. The lowest BCUT2D eigenvalue weighted by Crippen LogP contribution is -2.40. The summed E-state index contributed by atoms with van der Waals surface area (Å²) >= 11 is 0. The van der Waals surface area contributed by atoms with Crippen molar-refractivity contribution in [3.63, 3.8) is 0 Å². The van der Waals surface area contributed by atoms with Gasteiger partial charge in [0.05, 0.1) is 5.56 Å². The van der Waals surface area contributed by atoms with Crippen LogP contribution in [0.1, 0.15) is 36.5 Å². The van der Waals surface area contributed by atoms with Crippen LogP contribution in [-0.4, -0.2) is 22.2 Å². The van der Waals surface area contributed by atoms with E-state index < -0.39 is 0 Å². The number of rotatable bonds is 3. The number of carbonyl (C=O) groups is 1. The molecule has 0 spiro atoms. The second-order valence-electron chi connectivity index (χ2n) is 4.63. The van der Waals surface area contributed by atoms with Crippen LogP contribution in [0, 0.1) is 5.92 Å². The maximum atomic E-state index is 11.9. The SMILES string of the molecule is CC(NC(=O)c1cccc(O)c1O)C1CCC1. The number of hydrogen-bond acceptors (Lipinski definition) is 3. The zero-order valence-corrected chi connectivity index (χ0v) is 9.81. The Morgan fingerprint density at radius 1 is 1.41 bits per heavy atom. The van der Waals surface area contributed by atoms with Gasteiger partial charge in [0.2, 0.25) is 0 Å². The molecule has 0 bridgehead atoms. The maximum Gasteiger partial charge on any atom is 0.255 e. The maximum absolute atomic E-state index is 11.9. The van der Waals surface area contributed by atoms with Crippen LogP contribution < -0.4 is 5.32 Å². The third-order valence-electron chi connectivity index (χ3n) is 3.48. The molecule has 1 fully saturated rings. The Morgan fingerprint density at radius 3 is 2.71 bits per heavy atom. The number of benzene rings is 1. The van der Waals surface area contributed by atoms with E-state index >= 15 is 0 Å². The number of carbonyl (C=O) groups excluding carboxylic acids is 1. The molecular formula is C13H17NO3. The van der Waals surface area contributed by atoms with Crippen LogP contribution in [0.2, 0.25) is 0 Å². The quantitative estimate of drug-likeness (QED) is 0.702. The minimum Gasteiger partial charge on any atom is -0.504 e. The highest BCUT2D eigenvalue weighted by Gasteiger charge is 2.26. The van der Waals surface area contributed by atoms with Crippen molar-refractivity contribution in [2.24, 2.45) is 5.92 Å². The molecule has 4 heteroatoms. The van der Waals surface area contributed by atoms with Crippen LogP contribution in [0.5, 0.6) is 11.5 Å². The van der Waals surface area contributed by atoms with E-state index in [4.69, 9.17) is 0 Å². The Bertz CT molecular complexity index is 427. The van der Waals surface area contributed by atoms with Gasteiger partial charge in [-0.1, -0.05) is 12.5 Å². The average molecular weight is 235 g/mol. The Hall–Kier alpha value is -1.71. The van der Waals surface area contributed by atoms with E-state index in [-0.39, 0.29) is 29.0 Å².